The number of anilines is 1. The van der Waals surface area contributed by atoms with Crippen molar-refractivity contribution in [3.05, 3.63) is 90.5 Å². The highest BCUT2D eigenvalue weighted by Crippen LogP contribution is 2.34. The number of ether oxygens (including phenoxy) is 1. The lowest BCUT2D eigenvalue weighted by atomic mass is 10.0. The summed E-state index contributed by atoms with van der Waals surface area (Å²) in [6.45, 7) is 2.15. The standard InChI is InChI=1S/C29H31N3O5S/c1-37-25-12-14-26(15-13-25)38(35,36)32(24-16-18-30(19-17-24)21-22-8-4-2-5-9-22)27-20-28(33)31(29(27)34)23-10-6-3-7-11-23/h2-15,24,27H,16-21H2,1H3. The second kappa shape index (κ2) is 11.1. The maximum absolute atomic E-state index is 14.1. The molecule has 2 heterocycles. The predicted octanol–water partition coefficient (Wildman–Crippen LogP) is 3.68. The molecule has 0 N–H and O–H groups in total. The number of methoxy groups -OCH3 is 1. The lowest BCUT2D eigenvalue weighted by Gasteiger charge is -2.39. The van der Waals surface area contributed by atoms with E-state index < -0.39 is 33.9 Å². The molecule has 2 amide bonds. The van der Waals surface area contributed by atoms with Gasteiger partial charge in [-0.2, -0.15) is 4.31 Å². The van der Waals surface area contributed by atoms with Crippen LogP contribution >= 0.6 is 0 Å². The maximum atomic E-state index is 14.1. The molecule has 0 aliphatic carbocycles. The van der Waals surface area contributed by atoms with Crippen molar-refractivity contribution < 1.29 is 22.7 Å². The van der Waals surface area contributed by atoms with Crippen molar-refractivity contribution in [2.24, 2.45) is 0 Å². The van der Waals surface area contributed by atoms with Crippen molar-refractivity contribution in [1.82, 2.24) is 9.21 Å². The minimum absolute atomic E-state index is 0.0726. The Morgan fingerprint density at radius 3 is 2.08 bits per heavy atom. The number of likely N-dealkylation sites (tertiary alicyclic amines) is 1. The van der Waals surface area contributed by atoms with Gasteiger partial charge >= 0.3 is 0 Å². The monoisotopic (exact) mass is 533 g/mol. The number of imide groups is 1. The molecule has 3 aromatic carbocycles. The number of carbonyl (C=O) groups excluding carboxylic acids is 2. The number of benzene rings is 3. The molecule has 2 aliphatic heterocycles. The average molecular weight is 534 g/mol. The van der Waals surface area contributed by atoms with Crippen LogP contribution in [0.3, 0.4) is 0 Å². The Kier molecular flexibility index (Phi) is 7.60. The van der Waals surface area contributed by atoms with Gasteiger partial charge in [0.05, 0.1) is 24.1 Å². The van der Waals surface area contributed by atoms with Crippen LogP contribution in [0.1, 0.15) is 24.8 Å². The molecular weight excluding hydrogens is 502 g/mol. The van der Waals surface area contributed by atoms with Crippen molar-refractivity contribution in [2.45, 2.75) is 42.8 Å². The van der Waals surface area contributed by atoms with E-state index in [2.05, 4.69) is 17.0 Å². The summed E-state index contributed by atoms with van der Waals surface area (Å²) in [5, 5.41) is 0. The highest BCUT2D eigenvalue weighted by atomic mass is 32.2. The number of rotatable bonds is 8. The van der Waals surface area contributed by atoms with Gasteiger partial charge in [-0.25, -0.2) is 13.3 Å². The zero-order valence-corrected chi connectivity index (χ0v) is 22.1. The fourth-order valence-electron chi connectivity index (χ4n) is 5.32. The molecule has 0 saturated carbocycles. The molecule has 5 rings (SSSR count). The summed E-state index contributed by atoms with van der Waals surface area (Å²) in [5.41, 5.74) is 1.65. The second-order valence-electron chi connectivity index (χ2n) is 9.63. The number of hydrogen-bond acceptors (Lipinski definition) is 6. The van der Waals surface area contributed by atoms with Crippen LogP contribution in [0.5, 0.6) is 5.75 Å². The van der Waals surface area contributed by atoms with Gasteiger partial charge in [0.15, 0.2) is 0 Å². The zero-order chi connectivity index (χ0) is 26.7. The van der Waals surface area contributed by atoms with E-state index in [0.29, 0.717) is 37.4 Å². The molecule has 0 aromatic heterocycles. The molecule has 1 atom stereocenters. The molecule has 0 spiro atoms. The molecule has 0 radical (unpaired) electrons. The Balaban J connectivity index is 1.44. The summed E-state index contributed by atoms with van der Waals surface area (Å²) in [4.78, 5) is 30.2. The minimum Gasteiger partial charge on any atom is -0.497 e. The van der Waals surface area contributed by atoms with Gasteiger partial charge in [0, 0.05) is 25.7 Å². The Hall–Kier alpha value is -3.53. The third kappa shape index (κ3) is 5.22. The largest absolute Gasteiger partial charge is 0.497 e. The van der Waals surface area contributed by atoms with E-state index >= 15 is 0 Å². The fraction of sp³-hybridized carbons (Fsp3) is 0.310. The van der Waals surface area contributed by atoms with Crippen molar-refractivity contribution in [3.8, 4) is 5.75 Å². The summed E-state index contributed by atoms with van der Waals surface area (Å²) >= 11 is 0. The Morgan fingerprint density at radius 1 is 0.868 bits per heavy atom. The summed E-state index contributed by atoms with van der Waals surface area (Å²) in [5.74, 6) is -0.375. The van der Waals surface area contributed by atoms with Crippen LogP contribution < -0.4 is 9.64 Å². The van der Waals surface area contributed by atoms with Gasteiger partial charge in [-0.3, -0.25) is 14.5 Å². The van der Waals surface area contributed by atoms with Crippen molar-refractivity contribution >= 4 is 27.5 Å². The van der Waals surface area contributed by atoms with Crippen LogP contribution in [-0.4, -0.2) is 61.7 Å². The lowest BCUT2D eigenvalue weighted by molar-refractivity contribution is -0.122. The maximum Gasteiger partial charge on any atom is 0.252 e. The van der Waals surface area contributed by atoms with E-state index in [-0.39, 0.29) is 11.3 Å². The topological polar surface area (TPSA) is 87.2 Å². The highest BCUT2D eigenvalue weighted by molar-refractivity contribution is 7.89. The van der Waals surface area contributed by atoms with E-state index in [1.165, 1.54) is 29.1 Å². The molecule has 0 bridgehead atoms. The molecule has 8 nitrogen and oxygen atoms in total. The Morgan fingerprint density at radius 2 is 1.47 bits per heavy atom. The van der Waals surface area contributed by atoms with Gasteiger partial charge in [-0.1, -0.05) is 48.5 Å². The number of sulfonamides is 1. The van der Waals surface area contributed by atoms with Crippen LogP contribution in [0.15, 0.2) is 89.8 Å². The number of amides is 2. The molecule has 2 aliphatic rings. The van der Waals surface area contributed by atoms with Gasteiger partial charge in [0.2, 0.25) is 15.9 Å². The molecule has 198 valence electrons. The summed E-state index contributed by atoms with van der Waals surface area (Å²) in [7, 11) is -2.57. The molecule has 1 unspecified atom stereocenters. The first-order chi connectivity index (χ1) is 18.4. The quantitative estimate of drug-likeness (QED) is 0.411. The normalized spacial score (nSPS) is 19.3. The first kappa shape index (κ1) is 26.1. The highest BCUT2D eigenvalue weighted by Gasteiger charge is 2.49. The minimum atomic E-state index is -4.09. The van der Waals surface area contributed by atoms with Gasteiger partial charge < -0.3 is 4.74 Å². The van der Waals surface area contributed by atoms with Crippen LogP contribution in [0.25, 0.3) is 0 Å². The van der Waals surface area contributed by atoms with Crippen molar-refractivity contribution in [2.75, 3.05) is 25.1 Å². The lowest BCUT2D eigenvalue weighted by Crippen LogP contribution is -2.53. The summed E-state index contributed by atoms with van der Waals surface area (Å²) < 4.78 is 34.7. The zero-order valence-electron chi connectivity index (χ0n) is 21.3. The number of nitrogens with zero attached hydrogens (tertiary/aromatic N) is 3. The molecule has 2 fully saturated rings. The van der Waals surface area contributed by atoms with Gasteiger partial charge in [0.1, 0.15) is 11.8 Å². The predicted molar refractivity (Wildman–Crippen MR) is 144 cm³/mol. The van der Waals surface area contributed by atoms with Gasteiger partial charge in [-0.15, -0.1) is 0 Å². The van der Waals surface area contributed by atoms with Crippen LogP contribution in [0.2, 0.25) is 0 Å². The number of para-hydroxylation sites is 1. The summed E-state index contributed by atoms with van der Waals surface area (Å²) in [6, 6.07) is 23.5. The van der Waals surface area contributed by atoms with Crippen LogP contribution in [0.4, 0.5) is 5.69 Å². The number of piperidine rings is 1. The number of carbonyl (C=O) groups is 2. The molecule has 3 aromatic rings. The Labute approximate surface area is 223 Å². The van der Waals surface area contributed by atoms with Crippen LogP contribution in [-0.2, 0) is 26.2 Å². The van der Waals surface area contributed by atoms with Crippen LogP contribution in [0, 0.1) is 0 Å². The fourth-order valence-corrected chi connectivity index (χ4v) is 7.15. The van der Waals surface area contributed by atoms with Crippen molar-refractivity contribution in [3.63, 3.8) is 0 Å². The average Bonchev–Trinajstić information content (AvgIpc) is 3.23. The molecule has 38 heavy (non-hydrogen) atoms. The smallest absolute Gasteiger partial charge is 0.252 e. The molecule has 9 heteroatoms. The third-order valence-electron chi connectivity index (χ3n) is 7.25. The Bertz CT molecular complexity index is 1370. The number of hydrogen-bond donors (Lipinski definition) is 0. The summed E-state index contributed by atoms with van der Waals surface area (Å²) in [6.07, 6.45) is 0.935. The third-order valence-corrected chi connectivity index (χ3v) is 9.22. The van der Waals surface area contributed by atoms with Gasteiger partial charge in [-0.05, 0) is 54.8 Å². The van der Waals surface area contributed by atoms with E-state index in [9.17, 15) is 18.0 Å². The first-order valence-corrected chi connectivity index (χ1v) is 14.2. The van der Waals surface area contributed by atoms with E-state index in [1.54, 1.807) is 42.5 Å². The SMILES string of the molecule is COc1ccc(S(=O)(=O)N(C2CCN(Cc3ccccc3)CC2)C2CC(=O)N(c3ccccc3)C2=O)cc1. The second-order valence-corrected chi connectivity index (χ2v) is 11.5. The van der Waals surface area contributed by atoms with E-state index in [0.717, 1.165) is 11.4 Å². The van der Waals surface area contributed by atoms with E-state index in [1.807, 2.05) is 18.2 Å². The van der Waals surface area contributed by atoms with E-state index in [4.69, 9.17) is 4.74 Å². The molecule has 2 saturated heterocycles. The molecular formula is C29H31N3O5S. The first-order valence-electron chi connectivity index (χ1n) is 12.7. The van der Waals surface area contributed by atoms with Gasteiger partial charge in [0.25, 0.3) is 5.91 Å². The van der Waals surface area contributed by atoms with Crippen molar-refractivity contribution in [1.29, 1.82) is 0 Å².